The number of aliphatic imine (C=N–C) groups is 1. The number of nitrogens with one attached hydrogen (secondary N) is 2. The summed E-state index contributed by atoms with van der Waals surface area (Å²) in [5.74, 6) is 0.901. The van der Waals surface area contributed by atoms with Gasteiger partial charge in [0.2, 0.25) is 0 Å². The SMILES string of the molecule is CN=C(NCC(C)(C)CN(C)C)NC1CC2CCC1O2. The molecule has 2 fully saturated rings. The van der Waals surface area contributed by atoms with Crippen molar-refractivity contribution in [2.24, 2.45) is 10.4 Å². The second-order valence-corrected chi connectivity index (χ2v) is 7.19. The highest BCUT2D eigenvalue weighted by Crippen LogP contribution is 2.34. The quantitative estimate of drug-likeness (QED) is 0.585. The van der Waals surface area contributed by atoms with E-state index in [-0.39, 0.29) is 5.41 Å². The first-order valence-electron chi connectivity index (χ1n) is 7.67. The van der Waals surface area contributed by atoms with E-state index in [1.165, 1.54) is 12.8 Å². The van der Waals surface area contributed by atoms with Gasteiger partial charge in [-0.3, -0.25) is 4.99 Å². The van der Waals surface area contributed by atoms with Crippen molar-refractivity contribution in [3.05, 3.63) is 0 Å². The van der Waals surface area contributed by atoms with Gasteiger partial charge >= 0.3 is 0 Å². The monoisotopic (exact) mass is 282 g/mol. The van der Waals surface area contributed by atoms with E-state index in [0.717, 1.165) is 25.5 Å². The molecule has 116 valence electrons. The molecule has 2 saturated heterocycles. The Morgan fingerprint density at radius 1 is 1.35 bits per heavy atom. The van der Waals surface area contributed by atoms with Crippen LogP contribution in [0.4, 0.5) is 0 Å². The van der Waals surface area contributed by atoms with Crippen molar-refractivity contribution in [1.29, 1.82) is 0 Å². The predicted molar refractivity (Wildman–Crippen MR) is 83.1 cm³/mol. The molecule has 0 radical (unpaired) electrons. The van der Waals surface area contributed by atoms with Gasteiger partial charge in [-0.25, -0.2) is 0 Å². The highest BCUT2D eigenvalue weighted by molar-refractivity contribution is 5.80. The van der Waals surface area contributed by atoms with Crippen LogP contribution in [0.15, 0.2) is 4.99 Å². The van der Waals surface area contributed by atoms with Crippen LogP contribution < -0.4 is 10.6 Å². The zero-order chi connectivity index (χ0) is 14.8. The highest BCUT2D eigenvalue weighted by atomic mass is 16.5. The zero-order valence-electron chi connectivity index (χ0n) is 13.6. The number of rotatable bonds is 5. The molecule has 3 atom stereocenters. The van der Waals surface area contributed by atoms with Crippen molar-refractivity contribution < 1.29 is 4.74 Å². The molecule has 20 heavy (non-hydrogen) atoms. The molecule has 0 aromatic rings. The number of nitrogens with zero attached hydrogens (tertiary/aromatic N) is 2. The minimum Gasteiger partial charge on any atom is -0.373 e. The summed E-state index contributed by atoms with van der Waals surface area (Å²) in [4.78, 5) is 6.57. The van der Waals surface area contributed by atoms with E-state index in [1.54, 1.807) is 0 Å². The summed E-state index contributed by atoms with van der Waals surface area (Å²) in [6.07, 6.45) is 4.39. The van der Waals surface area contributed by atoms with E-state index in [9.17, 15) is 0 Å². The van der Waals surface area contributed by atoms with E-state index in [4.69, 9.17) is 4.74 Å². The molecule has 0 spiro atoms. The maximum absolute atomic E-state index is 5.88. The van der Waals surface area contributed by atoms with Crippen LogP contribution in [0, 0.1) is 5.41 Å². The fraction of sp³-hybridized carbons (Fsp3) is 0.933. The van der Waals surface area contributed by atoms with Gasteiger partial charge in [0.1, 0.15) is 0 Å². The molecule has 0 amide bonds. The molecule has 3 unspecified atom stereocenters. The third-order valence-electron chi connectivity index (χ3n) is 4.13. The fourth-order valence-electron chi connectivity index (χ4n) is 3.39. The molecule has 2 aliphatic rings. The molecule has 0 saturated carbocycles. The lowest BCUT2D eigenvalue weighted by Crippen LogP contribution is -2.50. The number of hydrogen-bond acceptors (Lipinski definition) is 3. The fourth-order valence-corrected chi connectivity index (χ4v) is 3.39. The Labute approximate surface area is 123 Å². The van der Waals surface area contributed by atoms with Crippen molar-refractivity contribution in [2.45, 2.75) is 51.4 Å². The van der Waals surface area contributed by atoms with E-state index in [1.807, 2.05) is 7.05 Å². The van der Waals surface area contributed by atoms with E-state index < -0.39 is 0 Å². The molecule has 2 N–H and O–H groups in total. The maximum Gasteiger partial charge on any atom is 0.191 e. The molecule has 0 aliphatic carbocycles. The van der Waals surface area contributed by atoms with Crippen LogP contribution >= 0.6 is 0 Å². The maximum atomic E-state index is 5.88. The van der Waals surface area contributed by atoms with Gasteiger partial charge in [0.15, 0.2) is 5.96 Å². The Hall–Kier alpha value is -0.810. The van der Waals surface area contributed by atoms with Gasteiger partial charge < -0.3 is 20.3 Å². The van der Waals surface area contributed by atoms with Gasteiger partial charge in [0.05, 0.1) is 18.2 Å². The third kappa shape index (κ3) is 4.09. The third-order valence-corrected chi connectivity index (χ3v) is 4.13. The lowest BCUT2D eigenvalue weighted by molar-refractivity contribution is 0.0992. The topological polar surface area (TPSA) is 48.9 Å². The molecule has 2 bridgehead atoms. The lowest BCUT2D eigenvalue weighted by atomic mass is 9.93. The van der Waals surface area contributed by atoms with Gasteiger partial charge in [-0.1, -0.05) is 13.8 Å². The summed E-state index contributed by atoms with van der Waals surface area (Å²) in [6, 6.07) is 0.428. The van der Waals surface area contributed by atoms with Crippen LogP contribution in [0.25, 0.3) is 0 Å². The van der Waals surface area contributed by atoms with Crippen LogP contribution in [0.3, 0.4) is 0 Å². The van der Waals surface area contributed by atoms with Crippen LogP contribution in [-0.2, 0) is 4.74 Å². The minimum atomic E-state index is 0.215. The first-order chi connectivity index (χ1) is 9.39. The van der Waals surface area contributed by atoms with Crippen molar-refractivity contribution in [1.82, 2.24) is 15.5 Å². The standard InChI is InChI=1S/C15H30N4O/c1-15(2,10-19(4)5)9-17-14(16-3)18-12-8-11-6-7-13(12)20-11/h11-13H,6-10H2,1-5H3,(H2,16,17,18). The van der Waals surface area contributed by atoms with Crippen molar-refractivity contribution >= 4 is 5.96 Å². The predicted octanol–water partition coefficient (Wildman–Crippen LogP) is 1.06. The molecule has 2 heterocycles. The molecule has 0 aromatic carbocycles. The number of hydrogen-bond donors (Lipinski definition) is 2. The van der Waals surface area contributed by atoms with Crippen molar-refractivity contribution in [3.8, 4) is 0 Å². The number of fused-ring (bicyclic) bond motifs is 2. The Morgan fingerprint density at radius 3 is 2.60 bits per heavy atom. The van der Waals surface area contributed by atoms with E-state index in [0.29, 0.717) is 18.2 Å². The molecular formula is C15H30N4O. The Balaban J connectivity index is 1.78. The second kappa shape index (κ2) is 6.31. The molecule has 5 nitrogen and oxygen atoms in total. The summed E-state index contributed by atoms with van der Waals surface area (Å²) in [7, 11) is 6.06. The molecule has 0 aromatic heterocycles. The Morgan fingerprint density at radius 2 is 2.10 bits per heavy atom. The molecular weight excluding hydrogens is 252 g/mol. The van der Waals surface area contributed by atoms with Crippen molar-refractivity contribution in [2.75, 3.05) is 34.2 Å². The van der Waals surface area contributed by atoms with Crippen LogP contribution in [0.5, 0.6) is 0 Å². The summed E-state index contributed by atoms with van der Waals surface area (Å²) in [6.45, 7) is 6.50. The van der Waals surface area contributed by atoms with Crippen molar-refractivity contribution in [3.63, 3.8) is 0 Å². The number of guanidine groups is 1. The molecule has 2 rings (SSSR count). The van der Waals surface area contributed by atoms with Gasteiger partial charge in [0.25, 0.3) is 0 Å². The molecule has 5 heteroatoms. The highest BCUT2D eigenvalue weighted by Gasteiger charge is 2.41. The summed E-state index contributed by atoms with van der Waals surface area (Å²) in [5, 5.41) is 6.98. The minimum absolute atomic E-state index is 0.215. The molecule has 2 aliphatic heterocycles. The van der Waals surface area contributed by atoms with E-state index in [2.05, 4.69) is 48.5 Å². The van der Waals surface area contributed by atoms with Crippen LogP contribution in [0.1, 0.15) is 33.1 Å². The lowest BCUT2D eigenvalue weighted by Gasteiger charge is -2.30. The zero-order valence-corrected chi connectivity index (χ0v) is 13.6. The first-order valence-corrected chi connectivity index (χ1v) is 7.67. The van der Waals surface area contributed by atoms with Crippen LogP contribution in [-0.4, -0.2) is 63.3 Å². The Bertz CT molecular complexity index is 354. The van der Waals surface area contributed by atoms with Crippen LogP contribution in [0.2, 0.25) is 0 Å². The largest absolute Gasteiger partial charge is 0.373 e. The summed E-state index contributed by atoms with van der Waals surface area (Å²) in [5.41, 5.74) is 0.215. The first kappa shape index (κ1) is 15.6. The van der Waals surface area contributed by atoms with Gasteiger partial charge in [-0.15, -0.1) is 0 Å². The second-order valence-electron chi connectivity index (χ2n) is 7.19. The smallest absolute Gasteiger partial charge is 0.191 e. The Kier molecular flexibility index (Phi) is 4.91. The summed E-state index contributed by atoms with van der Waals surface area (Å²) >= 11 is 0. The number of ether oxygens (including phenoxy) is 1. The average Bonchev–Trinajstić information content (AvgIpc) is 2.94. The van der Waals surface area contributed by atoms with Gasteiger partial charge in [0, 0.05) is 20.1 Å². The average molecular weight is 282 g/mol. The summed E-state index contributed by atoms with van der Waals surface area (Å²) < 4.78 is 5.88. The van der Waals surface area contributed by atoms with Gasteiger partial charge in [-0.05, 0) is 38.8 Å². The normalized spacial score (nSPS) is 30.1. The van der Waals surface area contributed by atoms with E-state index >= 15 is 0 Å². The van der Waals surface area contributed by atoms with Gasteiger partial charge in [-0.2, -0.15) is 0 Å².